The maximum atomic E-state index is 12.0. The van der Waals surface area contributed by atoms with E-state index in [2.05, 4.69) is 0 Å². The van der Waals surface area contributed by atoms with E-state index < -0.39 is 6.09 Å². The van der Waals surface area contributed by atoms with Gasteiger partial charge in [-0.15, -0.1) is 0 Å². The van der Waals surface area contributed by atoms with E-state index in [9.17, 15) is 9.90 Å². The fraction of sp³-hybridized carbons (Fsp3) is 0.500. The third-order valence-corrected chi connectivity index (χ3v) is 3.09. The molecule has 0 aromatic heterocycles. The van der Waals surface area contributed by atoms with Gasteiger partial charge in [-0.05, 0) is 12.0 Å². The summed E-state index contributed by atoms with van der Waals surface area (Å²) in [4.78, 5) is 13.6. The smallest absolute Gasteiger partial charge is 0.410 e. The van der Waals surface area contributed by atoms with Crippen LogP contribution in [0.25, 0.3) is 0 Å². The van der Waals surface area contributed by atoms with Gasteiger partial charge in [0.2, 0.25) is 0 Å². The van der Waals surface area contributed by atoms with Crippen LogP contribution in [0.4, 0.5) is 4.79 Å². The van der Waals surface area contributed by atoms with E-state index in [1.54, 1.807) is 4.90 Å². The van der Waals surface area contributed by atoms with E-state index in [0.717, 1.165) is 12.0 Å². The molecule has 0 unspecified atom stereocenters. The molecule has 1 atom stereocenters. The topological polar surface area (TPSA) is 59.0 Å². The van der Waals surface area contributed by atoms with Crippen LogP contribution in [0, 0.1) is 0 Å². The van der Waals surface area contributed by atoms with Gasteiger partial charge in [0.15, 0.2) is 0 Å². The number of aliphatic hydroxyl groups is 1. The quantitative estimate of drug-likeness (QED) is 0.897. The number of amides is 1. The molecule has 1 fully saturated rings. The minimum absolute atomic E-state index is 0.111. The first-order chi connectivity index (χ1) is 9.31. The van der Waals surface area contributed by atoms with Crippen molar-refractivity contribution in [1.29, 1.82) is 0 Å². The van der Waals surface area contributed by atoms with Crippen LogP contribution >= 0.6 is 0 Å². The van der Waals surface area contributed by atoms with Gasteiger partial charge in [0.25, 0.3) is 0 Å². The van der Waals surface area contributed by atoms with Crippen LogP contribution in [0.15, 0.2) is 30.3 Å². The Labute approximate surface area is 112 Å². The van der Waals surface area contributed by atoms with Gasteiger partial charge in [-0.25, -0.2) is 4.79 Å². The molecule has 0 saturated carbocycles. The minimum Gasteiger partial charge on any atom is -0.445 e. The monoisotopic (exact) mass is 265 g/mol. The minimum atomic E-state index is -0.395. The van der Waals surface area contributed by atoms with Crippen molar-refractivity contribution in [3.63, 3.8) is 0 Å². The zero-order valence-electron chi connectivity index (χ0n) is 10.8. The van der Waals surface area contributed by atoms with Crippen molar-refractivity contribution in [3.05, 3.63) is 35.9 Å². The SMILES string of the molecule is O=C(OCc1ccccc1)N1CCCOC[C@H]1CO. The molecule has 1 saturated heterocycles. The first-order valence-electron chi connectivity index (χ1n) is 6.47. The molecule has 1 aliphatic rings. The Bertz CT molecular complexity index is 396. The maximum Gasteiger partial charge on any atom is 0.410 e. The summed E-state index contributed by atoms with van der Waals surface area (Å²) >= 11 is 0. The molecule has 1 amide bonds. The van der Waals surface area contributed by atoms with Crippen LogP contribution in [-0.4, -0.2) is 48.5 Å². The molecule has 1 aromatic rings. The van der Waals surface area contributed by atoms with Crippen molar-refractivity contribution >= 4 is 6.09 Å². The molecule has 0 spiro atoms. The molecule has 1 aliphatic heterocycles. The van der Waals surface area contributed by atoms with Gasteiger partial charge in [0.05, 0.1) is 19.3 Å². The Kier molecular flexibility index (Phi) is 5.18. The average Bonchev–Trinajstić information content (AvgIpc) is 2.71. The molecule has 2 rings (SSSR count). The lowest BCUT2D eigenvalue weighted by Crippen LogP contribution is -2.44. The van der Waals surface area contributed by atoms with Crippen molar-refractivity contribution in [3.8, 4) is 0 Å². The zero-order valence-corrected chi connectivity index (χ0v) is 10.8. The number of hydrogen-bond donors (Lipinski definition) is 1. The van der Waals surface area contributed by atoms with Crippen molar-refractivity contribution < 1.29 is 19.4 Å². The van der Waals surface area contributed by atoms with E-state index >= 15 is 0 Å². The van der Waals surface area contributed by atoms with Crippen molar-refractivity contribution in [2.75, 3.05) is 26.4 Å². The number of nitrogens with zero attached hydrogens (tertiary/aromatic N) is 1. The number of carbonyl (C=O) groups is 1. The standard InChI is InChI=1S/C14H19NO4/c16-9-13-11-18-8-4-7-15(13)14(17)19-10-12-5-2-1-3-6-12/h1-3,5-6,13,16H,4,7-11H2/t13-/m1/s1. The first-order valence-corrected chi connectivity index (χ1v) is 6.47. The van der Waals surface area contributed by atoms with Crippen LogP contribution < -0.4 is 0 Å². The number of hydrogen-bond acceptors (Lipinski definition) is 4. The van der Waals surface area contributed by atoms with Crippen LogP contribution in [0.5, 0.6) is 0 Å². The number of aliphatic hydroxyl groups excluding tert-OH is 1. The van der Waals surface area contributed by atoms with E-state index in [1.807, 2.05) is 30.3 Å². The lowest BCUT2D eigenvalue weighted by molar-refractivity contribution is 0.0445. The number of rotatable bonds is 3. The highest BCUT2D eigenvalue weighted by atomic mass is 16.6. The normalized spacial score (nSPS) is 19.8. The van der Waals surface area contributed by atoms with Crippen molar-refractivity contribution in [2.45, 2.75) is 19.1 Å². The van der Waals surface area contributed by atoms with Gasteiger partial charge in [0.1, 0.15) is 6.61 Å². The second kappa shape index (κ2) is 7.11. The first kappa shape index (κ1) is 13.8. The zero-order chi connectivity index (χ0) is 13.5. The largest absolute Gasteiger partial charge is 0.445 e. The fourth-order valence-corrected chi connectivity index (χ4v) is 2.02. The summed E-state index contributed by atoms with van der Waals surface area (Å²) in [6.07, 6.45) is 0.366. The van der Waals surface area contributed by atoms with E-state index in [4.69, 9.17) is 9.47 Å². The van der Waals surface area contributed by atoms with Crippen LogP contribution in [0.3, 0.4) is 0 Å². The number of ether oxygens (including phenoxy) is 2. The Morgan fingerprint density at radius 1 is 1.42 bits per heavy atom. The molecule has 104 valence electrons. The molecule has 1 aromatic carbocycles. The predicted octanol–water partition coefficient (Wildman–Crippen LogP) is 1.41. The molecule has 5 nitrogen and oxygen atoms in total. The van der Waals surface area contributed by atoms with Crippen molar-refractivity contribution in [2.24, 2.45) is 0 Å². The van der Waals surface area contributed by atoms with E-state index in [1.165, 1.54) is 0 Å². The highest BCUT2D eigenvalue weighted by Gasteiger charge is 2.26. The molecular formula is C14H19NO4. The summed E-state index contributed by atoms with van der Waals surface area (Å²) in [6.45, 7) is 1.66. The van der Waals surface area contributed by atoms with Crippen LogP contribution in [0.1, 0.15) is 12.0 Å². The van der Waals surface area contributed by atoms with Crippen LogP contribution in [0.2, 0.25) is 0 Å². The lowest BCUT2D eigenvalue weighted by atomic mass is 10.2. The summed E-state index contributed by atoms with van der Waals surface area (Å²) in [6, 6.07) is 9.22. The number of carbonyl (C=O) groups excluding carboxylic acids is 1. The van der Waals surface area contributed by atoms with Gasteiger partial charge >= 0.3 is 6.09 Å². The summed E-state index contributed by atoms with van der Waals surface area (Å²) in [5.74, 6) is 0. The molecule has 5 heteroatoms. The van der Waals surface area contributed by atoms with Gasteiger partial charge in [-0.2, -0.15) is 0 Å². The highest BCUT2D eigenvalue weighted by molar-refractivity contribution is 5.68. The van der Waals surface area contributed by atoms with E-state index in [0.29, 0.717) is 19.8 Å². The van der Waals surface area contributed by atoms with Crippen molar-refractivity contribution in [1.82, 2.24) is 4.90 Å². The second-order valence-electron chi connectivity index (χ2n) is 4.50. The molecule has 1 N–H and O–H groups in total. The molecule has 0 aliphatic carbocycles. The maximum absolute atomic E-state index is 12.0. The van der Waals surface area contributed by atoms with Gasteiger partial charge in [-0.3, -0.25) is 0 Å². The molecule has 19 heavy (non-hydrogen) atoms. The highest BCUT2D eigenvalue weighted by Crippen LogP contribution is 2.10. The Balaban J connectivity index is 1.90. The fourth-order valence-electron chi connectivity index (χ4n) is 2.02. The molecule has 0 radical (unpaired) electrons. The Morgan fingerprint density at radius 3 is 2.95 bits per heavy atom. The summed E-state index contributed by atoms with van der Waals surface area (Å²) in [5.41, 5.74) is 0.947. The predicted molar refractivity (Wildman–Crippen MR) is 69.6 cm³/mol. The summed E-state index contributed by atoms with van der Waals surface area (Å²) in [7, 11) is 0. The lowest BCUT2D eigenvalue weighted by Gasteiger charge is -2.26. The summed E-state index contributed by atoms with van der Waals surface area (Å²) in [5, 5.41) is 9.29. The number of benzene rings is 1. The molecule has 0 bridgehead atoms. The van der Waals surface area contributed by atoms with E-state index in [-0.39, 0.29) is 19.3 Å². The third-order valence-electron chi connectivity index (χ3n) is 3.09. The third kappa shape index (κ3) is 3.94. The second-order valence-corrected chi connectivity index (χ2v) is 4.50. The Hall–Kier alpha value is -1.59. The van der Waals surface area contributed by atoms with Gasteiger partial charge < -0.3 is 19.5 Å². The summed E-state index contributed by atoms with van der Waals surface area (Å²) < 4.78 is 10.6. The van der Waals surface area contributed by atoms with Gasteiger partial charge in [-0.1, -0.05) is 30.3 Å². The molecular weight excluding hydrogens is 246 g/mol. The Morgan fingerprint density at radius 2 is 2.21 bits per heavy atom. The van der Waals surface area contributed by atoms with Gasteiger partial charge in [0, 0.05) is 13.2 Å². The van der Waals surface area contributed by atoms with Crippen LogP contribution in [-0.2, 0) is 16.1 Å². The average molecular weight is 265 g/mol. The molecule has 1 heterocycles.